The molecule has 1 saturated carbocycles. The molecule has 0 radical (unpaired) electrons. The van der Waals surface area contributed by atoms with Crippen LogP contribution < -0.4 is 10.1 Å². The topological polar surface area (TPSA) is 59.9 Å². The van der Waals surface area contributed by atoms with Crippen molar-refractivity contribution in [1.82, 2.24) is 15.0 Å². The first-order valence-electron chi connectivity index (χ1n) is 9.09. The van der Waals surface area contributed by atoms with Crippen LogP contribution in [0.3, 0.4) is 0 Å². The van der Waals surface area contributed by atoms with Crippen molar-refractivity contribution in [1.29, 1.82) is 0 Å². The summed E-state index contributed by atoms with van der Waals surface area (Å²) in [5.74, 6) is 2.14. The van der Waals surface area contributed by atoms with Crippen LogP contribution in [-0.2, 0) is 0 Å². The SMILES string of the molecule is c1cc(Nc2nccc(-c3nccs3)n2)cc(OCC2CCCCC2)c1. The van der Waals surface area contributed by atoms with Crippen LogP contribution in [-0.4, -0.2) is 21.6 Å². The lowest BCUT2D eigenvalue weighted by Crippen LogP contribution is -2.15. The molecule has 0 spiro atoms. The molecule has 3 aromatic rings. The molecular formula is C20H22N4OS. The zero-order valence-corrected chi connectivity index (χ0v) is 15.4. The Morgan fingerprint density at radius 1 is 1.08 bits per heavy atom. The van der Waals surface area contributed by atoms with Gasteiger partial charge in [0, 0.05) is 29.5 Å². The lowest BCUT2D eigenvalue weighted by Gasteiger charge is -2.21. The average Bonchev–Trinajstić information content (AvgIpc) is 3.23. The minimum absolute atomic E-state index is 0.558. The number of ether oxygens (including phenoxy) is 1. The fourth-order valence-corrected chi connectivity index (χ4v) is 3.86. The van der Waals surface area contributed by atoms with Crippen LogP contribution in [0.2, 0.25) is 0 Å². The summed E-state index contributed by atoms with van der Waals surface area (Å²) in [5, 5.41) is 6.09. The van der Waals surface area contributed by atoms with Gasteiger partial charge in [0.15, 0.2) is 0 Å². The summed E-state index contributed by atoms with van der Waals surface area (Å²) < 4.78 is 6.02. The third-order valence-electron chi connectivity index (χ3n) is 4.61. The molecule has 4 rings (SSSR count). The Kier molecular flexibility index (Phi) is 5.40. The second kappa shape index (κ2) is 8.27. The highest BCUT2D eigenvalue weighted by Gasteiger charge is 2.14. The number of benzene rings is 1. The molecule has 0 bridgehead atoms. The Morgan fingerprint density at radius 2 is 2.00 bits per heavy atom. The van der Waals surface area contributed by atoms with E-state index in [2.05, 4.69) is 20.3 Å². The molecule has 1 aliphatic carbocycles. The number of anilines is 2. The van der Waals surface area contributed by atoms with Gasteiger partial charge in [-0.2, -0.15) is 0 Å². The average molecular weight is 366 g/mol. The summed E-state index contributed by atoms with van der Waals surface area (Å²) in [6.45, 7) is 0.805. The lowest BCUT2D eigenvalue weighted by molar-refractivity contribution is 0.209. The van der Waals surface area contributed by atoms with Crippen LogP contribution in [0.1, 0.15) is 32.1 Å². The maximum atomic E-state index is 6.02. The van der Waals surface area contributed by atoms with Crippen LogP contribution in [0.5, 0.6) is 5.75 Å². The molecule has 6 heteroatoms. The van der Waals surface area contributed by atoms with Crippen LogP contribution >= 0.6 is 11.3 Å². The van der Waals surface area contributed by atoms with Crippen LogP contribution in [0.4, 0.5) is 11.6 Å². The van der Waals surface area contributed by atoms with Crippen molar-refractivity contribution in [3.63, 3.8) is 0 Å². The Morgan fingerprint density at radius 3 is 2.85 bits per heavy atom. The molecule has 0 saturated heterocycles. The predicted molar refractivity (Wildman–Crippen MR) is 105 cm³/mol. The van der Waals surface area contributed by atoms with E-state index in [9.17, 15) is 0 Å². The van der Waals surface area contributed by atoms with E-state index in [1.165, 1.54) is 32.1 Å². The van der Waals surface area contributed by atoms with Gasteiger partial charge in [-0.3, -0.25) is 0 Å². The van der Waals surface area contributed by atoms with Gasteiger partial charge in [0.2, 0.25) is 5.95 Å². The molecule has 5 nitrogen and oxygen atoms in total. The van der Waals surface area contributed by atoms with Crippen molar-refractivity contribution in [2.75, 3.05) is 11.9 Å². The Hall–Kier alpha value is -2.47. The van der Waals surface area contributed by atoms with Gasteiger partial charge in [0.05, 0.1) is 6.61 Å². The summed E-state index contributed by atoms with van der Waals surface area (Å²) in [6.07, 6.45) is 10.1. The number of thiazole rings is 1. The van der Waals surface area contributed by atoms with Crippen molar-refractivity contribution in [2.24, 2.45) is 5.92 Å². The third kappa shape index (κ3) is 4.38. The maximum absolute atomic E-state index is 6.02. The first kappa shape index (κ1) is 17.0. The van der Waals surface area contributed by atoms with Crippen LogP contribution in [0, 0.1) is 5.92 Å². The van der Waals surface area contributed by atoms with E-state index < -0.39 is 0 Å². The fraction of sp³-hybridized carbons (Fsp3) is 0.350. The normalized spacial score (nSPS) is 14.9. The van der Waals surface area contributed by atoms with Gasteiger partial charge in [-0.15, -0.1) is 11.3 Å². The molecule has 1 aliphatic rings. The van der Waals surface area contributed by atoms with Gasteiger partial charge in [-0.25, -0.2) is 15.0 Å². The van der Waals surface area contributed by atoms with Crippen molar-refractivity contribution in [3.05, 3.63) is 48.1 Å². The van der Waals surface area contributed by atoms with Crippen molar-refractivity contribution in [2.45, 2.75) is 32.1 Å². The third-order valence-corrected chi connectivity index (χ3v) is 5.40. The molecule has 2 heterocycles. The largest absolute Gasteiger partial charge is 0.493 e. The van der Waals surface area contributed by atoms with Gasteiger partial charge in [-0.1, -0.05) is 25.3 Å². The standard InChI is InChI=1S/C20H22N4OS/c1-2-5-15(6-3-1)14-25-17-8-4-7-16(13-17)23-20-22-10-9-18(24-20)19-21-11-12-26-19/h4,7-13,15H,1-3,5-6,14H2,(H,22,23,24). The first-order valence-corrected chi connectivity index (χ1v) is 9.97. The van der Waals surface area contributed by atoms with Gasteiger partial charge >= 0.3 is 0 Å². The first-order chi connectivity index (χ1) is 12.9. The zero-order chi connectivity index (χ0) is 17.6. The van der Waals surface area contributed by atoms with Gasteiger partial charge in [-0.05, 0) is 37.0 Å². The molecule has 2 aromatic heterocycles. The zero-order valence-electron chi connectivity index (χ0n) is 14.6. The van der Waals surface area contributed by atoms with E-state index in [1.54, 1.807) is 23.7 Å². The number of hydrogen-bond acceptors (Lipinski definition) is 6. The highest BCUT2D eigenvalue weighted by Crippen LogP contribution is 2.26. The van der Waals surface area contributed by atoms with E-state index in [-0.39, 0.29) is 0 Å². The number of nitrogens with zero attached hydrogens (tertiary/aromatic N) is 3. The Labute approximate surface area is 157 Å². The monoisotopic (exact) mass is 366 g/mol. The molecule has 0 amide bonds. The molecule has 0 atom stereocenters. The van der Waals surface area contributed by atoms with E-state index in [1.807, 2.05) is 35.7 Å². The Bertz CT molecular complexity index is 831. The molecule has 0 aliphatic heterocycles. The molecule has 1 fully saturated rings. The van der Waals surface area contributed by atoms with E-state index in [0.717, 1.165) is 28.7 Å². The highest BCUT2D eigenvalue weighted by atomic mass is 32.1. The summed E-state index contributed by atoms with van der Waals surface area (Å²) in [5.41, 5.74) is 1.74. The second-order valence-electron chi connectivity index (χ2n) is 6.57. The van der Waals surface area contributed by atoms with Gasteiger partial charge in [0.25, 0.3) is 0 Å². The quantitative estimate of drug-likeness (QED) is 0.641. The van der Waals surface area contributed by atoms with Gasteiger partial charge in [0.1, 0.15) is 16.5 Å². The summed E-state index contributed by atoms with van der Waals surface area (Å²) in [6, 6.07) is 9.85. The lowest BCUT2D eigenvalue weighted by atomic mass is 9.90. The summed E-state index contributed by atoms with van der Waals surface area (Å²) >= 11 is 1.56. The number of nitrogens with one attached hydrogen (secondary N) is 1. The van der Waals surface area contributed by atoms with Crippen molar-refractivity contribution >= 4 is 23.0 Å². The molecule has 0 unspecified atom stereocenters. The number of hydrogen-bond donors (Lipinski definition) is 1. The molecule has 134 valence electrons. The summed E-state index contributed by atoms with van der Waals surface area (Å²) in [7, 11) is 0. The smallest absolute Gasteiger partial charge is 0.227 e. The predicted octanol–water partition coefficient (Wildman–Crippen LogP) is 5.30. The fourth-order valence-electron chi connectivity index (χ4n) is 3.25. The maximum Gasteiger partial charge on any atom is 0.227 e. The van der Waals surface area contributed by atoms with E-state index >= 15 is 0 Å². The van der Waals surface area contributed by atoms with Crippen molar-refractivity contribution in [3.8, 4) is 16.5 Å². The summed E-state index contributed by atoms with van der Waals surface area (Å²) in [4.78, 5) is 13.1. The van der Waals surface area contributed by atoms with Gasteiger partial charge < -0.3 is 10.1 Å². The highest BCUT2D eigenvalue weighted by molar-refractivity contribution is 7.13. The second-order valence-corrected chi connectivity index (χ2v) is 7.47. The molecule has 1 N–H and O–H groups in total. The minimum atomic E-state index is 0.558. The Balaban J connectivity index is 1.41. The van der Waals surface area contributed by atoms with Crippen LogP contribution in [0.25, 0.3) is 10.7 Å². The number of aromatic nitrogens is 3. The van der Waals surface area contributed by atoms with Crippen molar-refractivity contribution < 1.29 is 4.74 Å². The minimum Gasteiger partial charge on any atom is -0.493 e. The van der Waals surface area contributed by atoms with E-state index in [4.69, 9.17) is 4.74 Å². The van der Waals surface area contributed by atoms with Crippen LogP contribution in [0.15, 0.2) is 48.1 Å². The molecule has 1 aromatic carbocycles. The molecular weight excluding hydrogens is 344 g/mol. The molecule has 26 heavy (non-hydrogen) atoms. The number of rotatable bonds is 6. The van der Waals surface area contributed by atoms with E-state index in [0.29, 0.717) is 11.9 Å².